The van der Waals surface area contributed by atoms with E-state index in [-0.39, 0.29) is 17.5 Å². The van der Waals surface area contributed by atoms with E-state index in [4.69, 9.17) is 17.0 Å². The summed E-state index contributed by atoms with van der Waals surface area (Å²) in [6.07, 6.45) is 5.33. The lowest BCUT2D eigenvalue weighted by Crippen LogP contribution is -2.42. The molecule has 0 saturated carbocycles. The summed E-state index contributed by atoms with van der Waals surface area (Å²) in [5.41, 5.74) is 1.10. The summed E-state index contributed by atoms with van der Waals surface area (Å²) >= 11 is 5.40. The van der Waals surface area contributed by atoms with Gasteiger partial charge in [-0.2, -0.15) is 0 Å². The molecule has 2 saturated heterocycles. The summed E-state index contributed by atoms with van der Waals surface area (Å²) < 4.78 is 7.00. The molecule has 1 atom stereocenters. The van der Waals surface area contributed by atoms with Gasteiger partial charge in [-0.15, -0.1) is 0 Å². The van der Waals surface area contributed by atoms with Gasteiger partial charge < -0.3 is 19.5 Å². The zero-order valence-electron chi connectivity index (χ0n) is 17.6. The van der Waals surface area contributed by atoms with Gasteiger partial charge in [0.05, 0.1) is 10.9 Å². The van der Waals surface area contributed by atoms with E-state index in [1.807, 2.05) is 4.90 Å². The fourth-order valence-corrected chi connectivity index (χ4v) is 4.96. The van der Waals surface area contributed by atoms with Crippen LogP contribution in [0.25, 0.3) is 10.9 Å². The van der Waals surface area contributed by atoms with Crippen molar-refractivity contribution in [1.29, 1.82) is 0 Å². The molecule has 162 valence electrons. The van der Waals surface area contributed by atoms with Gasteiger partial charge in [-0.05, 0) is 75.6 Å². The van der Waals surface area contributed by atoms with Gasteiger partial charge in [0.15, 0.2) is 4.77 Å². The highest BCUT2D eigenvalue weighted by atomic mass is 32.1. The Morgan fingerprint density at radius 2 is 2.03 bits per heavy atom. The summed E-state index contributed by atoms with van der Waals surface area (Å²) in [4.78, 5) is 33.7. The maximum atomic E-state index is 13.3. The molecule has 2 aliphatic rings. The molecule has 2 fully saturated rings. The van der Waals surface area contributed by atoms with Crippen molar-refractivity contribution in [2.24, 2.45) is 0 Å². The minimum atomic E-state index is -0.128. The van der Waals surface area contributed by atoms with E-state index in [0.717, 1.165) is 39.0 Å². The lowest BCUT2D eigenvalue weighted by molar-refractivity contribution is 0.0709. The van der Waals surface area contributed by atoms with Crippen LogP contribution in [-0.4, -0.2) is 71.2 Å². The van der Waals surface area contributed by atoms with Crippen LogP contribution in [0.2, 0.25) is 0 Å². The Hall–Kier alpha value is -2.03. The predicted octanol–water partition coefficient (Wildman–Crippen LogP) is 2.80. The SMILES string of the molecule is COCCCn1c(=S)[nH]c2cc(C(=O)N3CCCC3CN3CCCC3)ccc2c1=O. The van der Waals surface area contributed by atoms with Crippen LogP contribution in [0.4, 0.5) is 0 Å². The monoisotopic (exact) mass is 430 g/mol. The standard InChI is InChI=1S/C22H30N4O3S/c1-29-13-5-12-26-21(28)18-8-7-16(14-19(18)23-22(26)30)20(27)25-11-4-6-17(25)15-24-9-2-3-10-24/h7-8,14,17H,2-6,9-13,15H2,1H3,(H,23,30). The molecule has 0 aliphatic carbocycles. The highest BCUT2D eigenvalue weighted by Crippen LogP contribution is 2.23. The number of rotatable bonds is 7. The largest absolute Gasteiger partial charge is 0.385 e. The molecule has 1 unspecified atom stereocenters. The number of aromatic amines is 1. The first-order valence-corrected chi connectivity index (χ1v) is 11.3. The Labute approximate surface area is 181 Å². The first-order chi connectivity index (χ1) is 14.6. The minimum Gasteiger partial charge on any atom is -0.385 e. The number of nitrogens with zero attached hydrogens (tertiary/aromatic N) is 3. The third kappa shape index (κ3) is 4.36. The van der Waals surface area contributed by atoms with Crippen LogP contribution in [-0.2, 0) is 11.3 Å². The fraction of sp³-hybridized carbons (Fsp3) is 0.591. The maximum absolute atomic E-state index is 13.3. The number of fused-ring (bicyclic) bond motifs is 1. The van der Waals surface area contributed by atoms with Crippen LogP contribution >= 0.6 is 12.2 Å². The van der Waals surface area contributed by atoms with Crippen molar-refractivity contribution in [2.75, 3.05) is 39.9 Å². The van der Waals surface area contributed by atoms with Crippen molar-refractivity contribution in [1.82, 2.24) is 19.4 Å². The van der Waals surface area contributed by atoms with Crippen LogP contribution in [0, 0.1) is 4.77 Å². The minimum absolute atomic E-state index is 0.0437. The molecule has 1 aromatic heterocycles. The molecular weight excluding hydrogens is 400 g/mol. The number of nitrogens with one attached hydrogen (secondary N) is 1. The number of methoxy groups -OCH3 is 1. The number of carbonyl (C=O) groups is 1. The van der Waals surface area contributed by atoms with E-state index in [9.17, 15) is 9.59 Å². The summed E-state index contributed by atoms with van der Waals surface area (Å²) in [7, 11) is 1.64. The van der Waals surface area contributed by atoms with E-state index in [2.05, 4.69) is 9.88 Å². The Bertz CT molecular complexity index is 1030. The summed E-state index contributed by atoms with van der Waals surface area (Å²) in [6, 6.07) is 5.57. The van der Waals surface area contributed by atoms with Gasteiger partial charge in [-0.25, -0.2) is 0 Å². The van der Waals surface area contributed by atoms with E-state index in [0.29, 0.717) is 40.8 Å². The summed E-state index contributed by atoms with van der Waals surface area (Å²) in [6.45, 7) is 5.12. The average molecular weight is 431 g/mol. The third-order valence-electron chi connectivity index (χ3n) is 6.26. The molecule has 1 N–H and O–H groups in total. The Morgan fingerprint density at radius 3 is 2.80 bits per heavy atom. The zero-order chi connectivity index (χ0) is 21.1. The van der Waals surface area contributed by atoms with Crippen LogP contribution in [0.1, 0.15) is 42.5 Å². The fourth-order valence-electron chi connectivity index (χ4n) is 4.68. The molecule has 30 heavy (non-hydrogen) atoms. The van der Waals surface area contributed by atoms with E-state index >= 15 is 0 Å². The maximum Gasteiger partial charge on any atom is 0.262 e. The summed E-state index contributed by atoms with van der Waals surface area (Å²) in [5.74, 6) is 0.0437. The predicted molar refractivity (Wildman–Crippen MR) is 120 cm³/mol. The number of hydrogen-bond donors (Lipinski definition) is 1. The highest BCUT2D eigenvalue weighted by molar-refractivity contribution is 7.71. The number of hydrogen-bond acceptors (Lipinski definition) is 5. The number of H-pyrrole nitrogens is 1. The zero-order valence-corrected chi connectivity index (χ0v) is 18.4. The molecule has 1 aromatic carbocycles. The third-order valence-corrected chi connectivity index (χ3v) is 6.59. The number of ether oxygens (including phenoxy) is 1. The average Bonchev–Trinajstić information content (AvgIpc) is 3.42. The number of aromatic nitrogens is 2. The number of carbonyl (C=O) groups excluding carboxylic acids is 1. The molecule has 0 radical (unpaired) electrons. The number of amides is 1. The van der Waals surface area contributed by atoms with Crippen LogP contribution < -0.4 is 5.56 Å². The van der Waals surface area contributed by atoms with Crippen molar-refractivity contribution in [3.8, 4) is 0 Å². The normalized spacial score (nSPS) is 19.8. The second-order valence-corrected chi connectivity index (χ2v) is 8.68. The molecule has 0 bridgehead atoms. The Kier molecular flexibility index (Phi) is 6.65. The van der Waals surface area contributed by atoms with Crippen molar-refractivity contribution >= 4 is 29.0 Å². The molecule has 2 aliphatic heterocycles. The first-order valence-electron chi connectivity index (χ1n) is 10.9. The van der Waals surface area contributed by atoms with E-state index in [1.165, 1.54) is 12.8 Å². The van der Waals surface area contributed by atoms with Gasteiger partial charge in [0.2, 0.25) is 0 Å². The second-order valence-electron chi connectivity index (χ2n) is 8.30. The van der Waals surface area contributed by atoms with Gasteiger partial charge in [0.25, 0.3) is 11.5 Å². The quantitative estimate of drug-likeness (QED) is 0.540. The molecule has 8 heteroatoms. The molecule has 2 aromatic rings. The van der Waals surface area contributed by atoms with E-state index in [1.54, 1.807) is 29.9 Å². The van der Waals surface area contributed by atoms with Gasteiger partial charge in [-0.1, -0.05) is 0 Å². The lowest BCUT2D eigenvalue weighted by Gasteiger charge is -2.28. The lowest BCUT2D eigenvalue weighted by atomic mass is 10.1. The Balaban J connectivity index is 1.56. The molecule has 1 amide bonds. The smallest absolute Gasteiger partial charge is 0.262 e. The topological polar surface area (TPSA) is 70.6 Å². The summed E-state index contributed by atoms with van der Waals surface area (Å²) in [5, 5.41) is 0.549. The van der Waals surface area contributed by atoms with E-state index < -0.39 is 0 Å². The molecule has 0 spiro atoms. The van der Waals surface area contributed by atoms with Crippen LogP contribution in [0.3, 0.4) is 0 Å². The van der Waals surface area contributed by atoms with Crippen LogP contribution in [0.15, 0.2) is 23.0 Å². The second kappa shape index (κ2) is 9.41. The van der Waals surface area contributed by atoms with Gasteiger partial charge in [-0.3, -0.25) is 14.2 Å². The van der Waals surface area contributed by atoms with Crippen LogP contribution in [0.5, 0.6) is 0 Å². The first kappa shape index (κ1) is 21.2. The molecule has 3 heterocycles. The van der Waals surface area contributed by atoms with Gasteiger partial charge in [0, 0.05) is 45.0 Å². The van der Waals surface area contributed by atoms with Crippen molar-refractivity contribution in [2.45, 2.75) is 44.7 Å². The van der Waals surface area contributed by atoms with Crippen molar-refractivity contribution in [3.05, 3.63) is 38.9 Å². The highest BCUT2D eigenvalue weighted by Gasteiger charge is 2.31. The van der Waals surface area contributed by atoms with Gasteiger partial charge >= 0.3 is 0 Å². The van der Waals surface area contributed by atoms with Crippen molar-refractivity contribution in [3.63, 3.8) is 0 Å². The Morgan fingerprint density at radius 1 is 1.23 bits per heavy atom. The number of likely N-dealkylation sites (tertiary alicyclic amines) is 2. The van der Waals surface area contributed by atoms with Crippen molar-refractivity contribution < 1.29 is 9.53 Å². The molecule has 4 rings (SSSR count). The number of benzene rings is 1. The van der Waals surface area contributed by atoms with Gasteiger partial charge in [0.1, 0.15) is 0 Å². The molecular formula is C22H30N4O3S. The molecule has 7 nitrogen and oxygen atoms in total.